The highest BCUT2D eigenvalue weighted by atomic mass is 19.4. The summed E-state index contributed by atoms with van der Waals surface area (Å²) >= 11 is 0. The third-order valence-electron chi connectivity index (χ3n) is 3.59. The van der Waals surface area contributed by atoms with Crippen molar-refractivity contribution in [3.8, 4) is 11.5 Å². The first-order valence-corrected chi connectivity index (χ1v) is 7.20. The molecule has 0 unspecified atom stereocenters. The molecule has 0 atom stereocenters. The van der Waals surface area contributed by atoms with Crippen molar-refractivity contribution < 1.29 is 36.6 Å². The lowest BCUT2D eigenvalue weighted by Crippen LogP contribution is -2.34. The van der Waals surface area contributed by atoms with Gasteiger partial charge >= 0.3 is 12.1 Å². The lowest BCUT2D eigenvalue weighted by atomic mass is 9.94. The summed E-state index contributed by atoms with van der Waals surface area (Å²) < 4.78 is 70.9. The lowest BCUT2D eigenvalue weighted by Gasteiger charge is -2.22. The topological polar surface area (TPSA) is 46.5 Å². The van der Waals surface area contributed by atoms with E-state index in [2.05, 4.69) is 0 Å². The molecule has 0 radical (unpaired) electrons. The van der Waals surface area contributed by atoms with E-state index in [9.17, 15) is 31.9 Å². The number of halogens is 5. The fraction of sp³-hybridized carbons (Fsp3) is 0.167. The first-order valence-electron chi connectivity index (χ1n) is 7.20. The predicted octanol–water partition coefficient (Wildman–Crippen LogP) is 4.79. The van der Waals surface area contributed by atoms with Crippen molar-refractivity contribution >= 4 is 17.9 Å². The van der Waals surface area contributed by atoms with Crippen LogP contribution in [0.25, 0.3) is 11.6 Å². The molecule has 0 spiro atoms. The van der Waals surface area contributed by atoms with Crippen LogP contribution in [-0.2, 0) is 10.7 Å². The molecule has 0 aliphatic carbocycles. The van der Waals surface area contributed by atoms with E-state index in [0.29, 0.717) is 6.07 Å². The molecule has 0 aromatic heterocycles. The second kappa shape index (κ2) is 7.15. The van der Waals surface area contributed by atoms with Gasteiger partial charge in [-0.25, -0.2) is 0 Å². The average molecular weight is 372 g/mol. The Labute approximate surface area is 145 Å². The fourth-order valence-electron chi connectivity index (χ4n) is 2.32. The van der Waals surface area contributed by atoms with Gasteiger partial charge in [0.05, 0.1) is 7.11 Å². The largest absolute Gasteiger partial charge is 0.508 e. The van der Waals surface area contributed by atoms with Crippen molar-refractivity contribution in [2.45, 2.75) is 12.1 Å². The summed E-state index contributed by atoms with van der Waals surface area (Å²) in [6, 6.07) is 7.70. The van der Waals surface area contributed by atoms with Crippen molar-refractivity contribution in [3.05, 3.63) is 59.2 Å². The summed E-state index contributed by atoms with van der Waals surface area (Å²) in [4.78, 5) is 11.4. The van der Waals surface area contributed by atoms with Crippen LogP contribution in [0.2, 0.25) is 0 Å². The molecule has 0 aliphatic heterocycles. The number of methoxy groups -OCH3 is 1. The number of ether oxygens (including phenoxy) is 1. The fourth-order valence-corrected chi connectivity index (χ4v) is 2.32. The number of rotatable bonds is 5. The molecule has 3 nitrogen and oxygen atoms in total. The van der Waals surface area contributed by atoms with Crippen molar-refractivity contribution in [3.63, 3.8) is 0 Å². The minimum Gasteiger partial charge on any atom is -0.508 e. The summed E-state index contributed by atoms with van der Waals surface area (Å²) in [5, 5.41) is 9.42. The highest BCUT2D eigenvalue weighted by Gasteiger charge is 2.59. The zero-order valence-electron chi connectivity index (χ0n) is 13.3. The smallest absolute Gasteiger partial charge is 0.458 e. The van der Waals surface area contributed by atoms with Gasteiger partial charge in [-0.3, -0.25) is 4.79 Å². The summed E-state index contributed by atoms with van der Waals surface area (Å²) in [5.41, 5.74) is -2.06. The first kappa shape index (κ1) is 19.4. The van der Waals surface area contributed by atoms with E-state index >= 15 is 0 Å². The van der Waals surface area contributed by atoms with Crippen LogP contribution in [0, 0.1) is 0 Å². The zero-order chi connectivity index (χ0) is 19.5. The van der Waals surface area contributed by atoms with Gasteiger partial charge in [-0.15, -0.1) is 0 Å². The highest BCUT2D eigenvalue weighted by molar-refractivity contribution is 6.14. The van der Waals surface area contributed by atoms with Crippen molar-refractivity contribution in [1.29, 1.82) is 0 Å². The van der Waals surface area contributed by atoms with E-state index in [0.717, 1.165) is 18.2 Å². The van der Waals surface area contributed by atoms with Crippen molar-refractivity contribution in [1.82, 2.24) is 0 Å². The van der Waals surface area contributed by atoms with Crippen LogP contribution < -0.4 is 4.74 Å². The Balaban J connectivity index is 2.65. The molecule has 2 rings (SSSR count). The maximum absolute atomic E-state index is 13.8. The Kier molecular flexibility index (Phi) is 5.34. The maximum Gasteiger partial charge on any atom is 0.458 e. The standard InChI is InChI=1S/C18H13F5O3/c1-26-16-9-13(25)7-6-11(16)8-12(10-24)14-4-2-3-5-15(14)17(19,20)18(21,22)23/h2-10,25H,1H3/b12-8+. The molecule has 0 saturated heterocycles. The molecule has 0 aliphatic rings. The number of allylic oxidation sites excluding steroid dienone is 1. The van der Waals surface area contributed by atoms with Gasteiger partial charge in [0.2, 0.25) is 0 Å². The summed E-state index contributed by atoms with van der Waals surface area (Å²) in [6.07, 6.45) is -4.53. The predicted molar refractivity (Wildman–Crippen MR) is 85.0 cm³/mol. The van der Waals surface area contributed by atoms with Crippen LogP contribution in [0.5, 0.6) is 11.5 Å². The molecule has 26 heavy (non-hydrogen) atoms. The maximum atomic E-state index is 13.8. The number of hydrogen-bond donors (Lipinski definition) is 1. The molecule has 8 heteroatoms. The number of phenols is 1. The molecule has 2 aromatic carbocycles. The van der Waals surface area contributed by atoms with E-state index in [1.54, 1.807) is 0 Å². The van der Waals surface area contributed by atoms with Crippen LogP contribution in [0.3, 0.4) is 0 Å². The zero-order valence-corrected chi connectivity index (χ0v) is 13.3. The highest BCUT2D eigenvalue weighted by Crippen LogP contribution is 2.46. The van der Waals surface area contributed by atoms with Crippen LogP contribution in [0.15, 0.2) is 42.5 Å². The van der Waals surface area contributed by atoms with Gasteiger partial charge in [0, 0.05) is 22.8 Å². The number of benzene rings is 2. The quantitative estimate of drug-likeness (QED) is 0.355. The van der Waals surface area contributed by atoms with Crippen LogP contribution in [0.1, 0.15) is 16.7 Å². The van der Waals surface area contributed by atoms with Gasteiger partial charge in [0.1, 0.15) is 11.5 Å². The molecular weight excluding hydrogens is 359 g/mol. The summed E-state index contributed by atoms with van der Waals surface area (Å²) in [6.45, 7) is 0. The van der Waals surface area contributed by atoms with Gasteiger partial charge in [0.25, 0.3) is 0 Å². The van der Waals surface area contributed by atoms with Crippen LogP contribution in [0.4, 0.5) is 22.0 Å². The Morgan fingerprint density at radius 3 is 2.31 bits per heavy atom. The van der Waals surface area contributed by atoms with E-state index in [-0.39, 0.29) is 23.3 Å². The van der Waals surface area contributed by atoms with E-state index in [1.165, 1.54) is 31.4 Å². The van der Waals surface area contributed by atoms with E-state index in [1.807, 2.05) is 0 Å². The molecule has 1 N–H and O–H groups in total. The van der Waals surface area contributed by atoms with Crippen molar-refractivity contribution in [2.24, 2.45) is 0 Å². The monoisotopic (exact) mass is 372 g/mol. The van der Waals surface area contributed by atoms with E-state index in [4.69, 9.17) is 4.74 Å². The number of phenolic OH excluding ortho intramolecular Hbond substituents is 1. The van der Waals surface area contributed by atoms with Gasteiger partial charge in [-0.2, -0.15) is 22.0 Å². The van der Waals surface area contributed by atoms with Crippen LogP contribution >= 0.6 is 0 Å². The Morgan fingerprint density at radius 1 is 1.08 bits per heavy atom. The first-order chi connectivity index (χ1) is 12.1. The second-order valence-electron chi connectivity index (χ2n) is 5.26. The normalized spacial score (nSPS) is 12.8. The number of aldehydes is 1. The third kappa shape index (κ3) is 3.68. The molecule has 0 heterocycles. The van der Waals surface area contributed by atoms with E-state index < -0.39 is 28.8 Å². The Hall–Kier alpha value is -2.90. The third-order valence-corrected chi connectivity index (χ3v) is 3.59. The minimum atomic E-state index is -5.81. The molecule has 138 valence electrons. The number of hydrogen-bond acceptors (Lipinski definition) is 3. The Morgan fingerprint density at radius 2 is 1.73 bits per heavy atom. The molecule has 0 amide bonds. The second-order valence-corrected chi connectivity index (χ2v) is 5.26. The SMILES string of the molecule is COc1cc(O)ccc1/C=C(\C=O)c1ccccc1C(F)(F)C(F)(F)F. The number of carbonyl (C=O) groups is 1. The molecule has 0 fully saturated rings. The van der Waals surface area contributed by atoms with Gasteiger partial charge in [-0.1, -0.05) is 24.3 Å². The minimum absolute atomic E-state index is 0.115. The average Bonchev–Trinajstić information content (AvgIpc) is 2.59. The summed E-state index contributed by atoms with van der Waals surface area (Å²) in [7, 11) is 1.28. The number of alkyl halides is 5. The molecular formula is C18H13F5O3. The van der Waals surface area contributed by atoms with Gasteiger partial charge < -0.3 is 9.84 Å². The molecule has 0 bridgehead atoms. The Bertz CT molecular complexity index is 841. The van der Waals surface area contributed by atoms with Crippen LogP contribution in [-0.4, -0.2) is 24.7 Å². The molecule has 0 saturated carbocycles. The molecule has 2 aromatic rings. The van der Waals surface area contributed by atoms with Crippen molar-refractivity contribution in [2.75, 3.05) is 7.11 Å². The summed E-state index contributed by atoms with van der Waals surface area (Å²) in [5.74, 6) is -5.16. The number of aromatic hydroxyl groups is 1. The number of carbonyl (C=O) groups excluding carboxylic acids is 1. The lowest BCUT2D eigenvalue weighted by molar-refractivity contribution is -0.289. The van der Waals surface area contributed by atoms with Gasteiger partial charge in [-0.05, 0) is 23.8 Å². The van der Waals surface area contributed by atoms with Gasteiger partial charge in [0.15, 0.2) is 6.29 Å².